The number of H-pyrrole nitrogens is 2. The number of hydrogen-bond acceptors (Lipinski definition) is 5. The van der Waals surface area contributed by atoms with Gasteiger partial charge in [-0.1, -0.05) is 6.07 Å². The van der Waals surface area contributed by atoms with Crippen molar-refractivity contribution in [2.24, 2.45) is 0 Å². The third kappa shape index (κ3) is 2.90. The lowest BCUT2D eigenvalue weighted by Gasteiger charge is -2.43. The first-order valence-electron chi connectivity index (χ1n) is 8.83. The number of rotatable bonds is 4. The van der Waals surface area contributed by atoms with Crippen molar-refractivity contribution in [1.29, 1.82) is 0 Å². The van der Waals surface area contributed by atoms with E-state index < -0.39 is 0 Å². The maximum atomic E-state index is 12.9. The number of pyridine rings is 1. The van der Waals surface area contributed by atoms with Crippen molar-refractivity contribution >= 4 is 5.91 Å². The summed E-state index contributed by atoms with van der Waals surface area (Å²) in [5.41, 5.74) is -0.462. The molecule has 3 atom stereocenters. The highest BCUT2D eigenvalue weighted by atomic mass is 16.5. The summed E-state index contributed by atoms with van der Waals surface area (Å²) in [7, 11) is 1.71. The quantitative estimate of drug-likeness (QED) is 0.859. The van der Waals surface area contributed by atoms with Crippen molar-refractivity contribution in [2.75, 3.05) is 13.7 Å². The molecule has 1 aliphatic carbocycles. The Morgan fingerprint density at radius 3 is 2.96 bits per heavy atom. The minimum absolute atomic E-state index is 0.0307. The first-order valence-corrected chi connectivity index (χ1v) is 8.83. The first-order chi connectivity index (χ1) is 12.6. The third-order valence-electron chi connectivity index (χ3n) is 5.55. The number of fused-ring (bicyclic) bond motifs is 1. The lowest BCUT2D eigenvalue weighted by molar-refractivity contribution is -0.0788. The second kappa shape index (κ2) is 6.60. The zero-order valence-corrected chi connectivity index (χ0v) is 14.6. The number of aromatic amines is 2. The Labute approximate surface area is 150 Å². The van der Waals surface area contributed by atoms with Gasteiger partial charge in [0.15, 0.2) is 0 Å². The molecule has 2 aromatic rings. The predicted molar refractivity (Wildman–Crippen MR) is 93.1 cm³/mol. The second-order valence-electron chi connectivity index (χ2n) is 6.87. The lowest BCUT2D eigenvalue weighted by atomic mass is 9.79. The van der Waals surface area contributed by atoms with Crippen molar-refractivity contribution in [3.8, 4) is 5.88 Å². The largest absolute Gasteiger partial charge is 0.474 e. The SMILES string of the molecule is CO[C@@]12CC[C@@H](Oc3ccccn3)C[C@@H]1N(C(=O)c1c[nH]c(=O)[nH]1)CC2. The summed E-state index contributed by atoms with van der Waals surface area (Å²) >= 11 is 0. The number of nitrogens with zero attached hydrogens (tertiary/aromatic N) is 2. The monoisotopic (exact) mass is 358 g/mol. The number of ether oxygens (including phenoxy) is 2. The van der Waals surface area contributed by atoms with E-state index in [0.717, 1.165) is 19.3 Å². The van der Waals surface area contributed by atoms with Gasteiger partial charge in [0, 0.05) is 38.5 Å². The molecule has 1 saturated heterocycles. The predicted octanol–water partition coefficient (Wildman–Crippen LogP) is 1.33. The van der Waals surface area contributed by atoms with Gasteiger partial charge in [0.1, 0.15) is 11.8 Å². The molecule has 0 unspecified atom stereocenters. The van der Waals surface area contributed by atoms with Gasteiger partial charge < -0.3 is 24.3 Å². The topological polar surface area (TPSA) is 100 Å². The second-order valence-corrected chi connectivity index (χ2v) is 6.87. The first kappa shape index (κ1) is 16.8. The standard InChI is InChI=1S/C18H22N4O4/c1-25-18-6-5-12(26-15-4-2-3-8-19-15)10-14(18)22(9-7-18)16(23)13-11-20-17(24)21-13/h2-4,8,11-12,14H,5-7,9-10H2,1H3,(H2,20,21,24)/t12-,14+,18-/m1/s1. The van der Waals surface area contributed by atoms with Crippen LogP contribution in [-0.4, -0.2) is 57.2 Å². The van der Waals surface area contributed by atoms with Crippen molar-refractivity contribution in [2.45, 2.75) is 43.4 Å². The molecule has 8 nitrogen and oxygen atoms in total. The van der Waals surface area contributed by atoms with Crippen LogP contribution in [-0.2, 0) is 4.74 Å². The Morgan fingerprint density at radius 2 is 2.27 bits per heavy atom. The zero-order valence-electron chi connectivity index (χ0n) is 14.6. The van der Waals surface area contributed by atoms with E-state index in [4.69, 9.17) is 9.47 Å². The number of nitrogens with one attached hydrogen (secondary N) is 2. The maximum Gasteiger partial charge on any atom is 0.323 e. The van der Waals surface area contributed by atoms with Crippen molar-refractivity contribution < 1.29 is 14.3 Å². The molecule has 0 aromatic carbocycles. The van der Waals surface area contributed by atoms with Crippen LogP contribution >= 0.6 is 0 Å². The minimum Gasteiger partial charge on any atom is -0.474 e. The Hall–Kier alpha value is -2.61. The van der Waals surface area contributed by atoms with E-state index in [1.54, 1.807) is 18.2 Å². The molecule has 0 radical (unpaired) electrons. The van der Waals surface area contributed by atoms with Crippen molar-refractivity contribution in [1.82, 2.24) is 19.9 Å². The molecule has 26 heavy (non-hydrogen) atoms. The van der Waals surface area contributed by atoms with Gasteiger partial charge in [0.05, 0.1) is 11.6 Å². The van der Waals surface area contributed by atoms with Gasteiger partial charge in [-0.05, 0) is 25.3 Å². The molecule has 0 bridgehead atoms. The summed E-state index contributed by atoms with van der Waals surface area (Å²) < 4.78 is 11.9. The summed E-state index contributed by atoms with van der Waals surface area (Å²) in [6, 6.07) is 5.47. The van der Waals surface area contributed by atoms with Crippen molar-refractivity contribution in [3.05, 3.63) is 46.8 Å². The van der Waals surface area contributed by atoms with Gasteiger partial charge in [0.2, 0.25) is 5.88 Å². The molecule has 3 heterocycles. The third-order valence-corrected chi connectivity index (χ3v) is 5.55. The molecule has 2 aliphatic rings. The molecule has 8 heteroatoms. The number of imidazole rings is 1. The van der Waals surface area contributed by atoms with E-state index in [9.17, 15) is 9.59 Å². The average molecular weight is 358 g/mol. The number of hydrogen-bond donors (Lipinski definition) is 2. The molecular formula is C18H22N4O4. The fourth-order valence-electron chi connectivity index (χ4n) is 4.20. The Morgan fingerprint density at radius 1 is 1.38 bits per heavy atom. The Kier molecular flexibility index (Phi) is 4.28. The molecule has 0 spiro atoms. The number of carbonyl (C=O) groups excluding carboxylic acids is 1. The fourth-order valence-corrected chi connectivity index (χ4v) is 4.20. The summed E-state index contributed by atoms with van der Waals surface area (Å²) in [6.45, 7) is 0.598. The number of carbonyl (C=O) groups is 1. The van der Waals surface area contributed by atoms with E-state index in [1.165, 1.54) is 6.20 Å². The molecule has 4 rings (SSSR count). The van der Waals surface area contributed by atoms with Crippen LogP contribution in [0, 0.1) is 0 Å². The molecule has 2 fully saturated rings. The van der Waals surface area contributed by atoms with Crippen LogP contribution in [0.4, 0.5) is 0 Å². The van der Waals surface area contributed by atoms with Gasteiger partial charge >= 0.3 is 5.69 Å². The maximum absolute atomic E-state index is 12.9. The summed E-state index contributed by atoms with van der Waals surface area (Å²) in [5, 5.41) is 0. The highest BCUT2D eigenvalue weighted by Gasteiger charge is 2.53. The van der Waals surface area contributed by atoms with E-state index in [1.807, 2.05) is 18.2 Å². The van der Waals surface area contributed by atoms with E-state index in [-0.39, 0.29) is 35.0 Å². The molecule has 138 valence electrons. The smallest absolute Gasteiger partial charge is 0.323 e. The van der Waals surface area contributed by atoms with Gasteiger partial charge in [-0.3, -0.25) is 4.79 Å². The highest BCUT2D eigenvalue weighted by Crippen LogP contribution is 2.43. The van der Waals surface area contributed by atoms with Crippen LogP contribution in [0.1, 0.15) is 36.2 Å². The molecule has 1 saturated carbocycles. The number of aromatic nitrogens is 3. The van der Waals surface area contributed by atoms with Gasteiger partial charge in [-0.25, -0.2) is 9.78 Å². The van der Waals surface area contributed by atoms with Crippen LogP contribution in [0.5, 0.6) is 5.88 Å². The molecule has 1 aliphatic heterocycles. The number of amides is 1. The molecule has 1 amide bonds. The molecular weight excluding hydrogens is 336 g/mol. The summed E-state index contributed by atoms with van der Waals surface area (Å²) in [4.78, 5) is 35.3. The molecule has 2 aromatic heterocycles. The van der Waals surface area contributed by atoms with Crippen LogP contribution in [0.25, 0.3) is 0 Å². The van der Waals surface area contributed by atoms with Crippen LogP contribution in [0.15, 0.2) is 35.4 Å². The lowest BCUT2D eigenvalue weighted by Crippen LogP contribution is -2.53. The van der Waals surface area contributed by atoms with E-state index in [2.05, 4.69) is 15.0 Å². The van der Waals surface area contributed by atoms with Crippen LogP contribution < -0.4 is 10.4 Å². The normalized spacial score (nSPS) is 28.0. The van der Waals surface area contributed by atoms with Gasteiger partial charge in [0.25, 0.3) is 5.91 Å². The van der Waals surface area contributed by atoms with Crippen LogP contribution in [0.2, 0.25) is 0 Å². The van der Waals surface area contributed by atoms with Crippen LogP contribution in [0.3, 0.4) is 0 Å². The summed E-state index contributed by atoms with van der Waals surface area (Å²) in [6.07, 6.45) is 6.21. The van der Waals surface area contributed by atoms with Gasteiger partial charge in [-0.2, -0.15) is 0 Å². The average Bonchev–Trinajstić information content (AvgIpc) is 3.26. The summed E-state index contributed by atoms with van der Waals surface area (Å²) in [5.74, 6) is 0.402. The Bertz CT molecular complexity index is 833. The number of methoxy groups -OCH3 is 1. The Balaban J connectivity index is 1.54. The van der Waals surface area contributed by atoms with E-state index >= 15 is 0 Å². The zero-order chi connectivity index (χ0) is 18.1. The van der Waals surface area contributed by atoms with E-state index in [0.29, 0.717) is 18.8 Å². The van der Waals surface area contributed by atoms with Gasteiger partial charge in [-0.15, -0.1) is 0 Å². The number of likely N-dealkylation sites (tertiary alicyclic amines) is 1. The minimum atomic E-state index is -0.384. The fraction of sp³-hybridized carbons (Fsp3) is 0.500. The van der Waals surface area contributed by atoms with Crippen molar-refractivity contribution in [3.63, 3.8) is 0 Å². The highest BCUT2D eigenvalue weighted by molar-refractivity contribution is 5.92. The molecule has 2 N–H and O–H groups in total.